The third kappa shape index (κ3) is 3.58. The second kappa shape index (κ2) is 6.67. The van der Waals surface area contributed by atoms with E-state index in [1.54, 1.807) is 20.3 Å². The van der Waals surface area contributed by atoms with Crippen LogP contribution in [0.15, 0.2) is 34.8 Å². The zero-order valence-corrected chi connectivity index (χ0v) is 13.3. The molecule has 0 spiro atoms. The number of hydrogen-bond donors (Lipinski definition) is 2. The summed E-state index contributed by atoms with van der Waals surface area (Å²) in [5.74, 6) is 1.04. The highest BCUT2D eigenvalue weighted by Gasteiger charge is 2.08. The number of nitrogen functional groups attached to an aromatic ring is 1. The van der Waals surface area contributed by atoms with Crippen molar-refractivity contribution in [1.29, 1.82) is 0 Å². The zero-order valence-electron chi connectivity index (χ0n) is 11.7. The summed E-state index contributed by atoms with van der Waals surface area (Å²) in [6.45, 7) is 0.457. The van der Waals surface area contributed by atoms with E-state index in [-0.39, 0.29) is 5.82 Å². The molecule has 0 aliphatic rings. The Bertz CT molecular complexity index is 650. The maximum atomic E-state index is 13.5. The first-order chi connectivity index (χ1) is 10.0. The van der Waals surface area contributed by atoms with Gasteiger partial charge in [0.15, 0.2) is 0 Å². The van der Waals surface area contributed by atoms with Gasteiger partial charge in [0.2, 0.25) is 0 Å². The SMILES string of the molecule is COc1ccc(CNc2cc(F)c(Br)cc2N)c(OC)c1. The lowest BCUT2D eigenvalue weighted by Gasteiger charge is -2.13. The summed E-state index contributed by atoms with van der Waals surface area (Å²) in [5.41, 5.74) is 7.78. The van der Waals surface area contributed by atoms with E-state index in [1.807, 2.05) is 12.1 Å². The van der Waals surface area contributed by atoms with E-state index in [4.69, 9.17) is 15.2 Å². The molecular formula is C15H16BrFN2O2. The molecule has 0 unspecified atom stereocenters. The second-order valence-electron chi connectivity index (χ2n) is 4.38. The molecule has 6 heteroatoms. The molecule has 2 aromatic rings. The molecule has 0 saturated heterocycles. The number of halogens is 2. The summed E-state index contributed by atoms with van der Waals surface area (Å²) in [4.78, 5) is 0. The van der Waals surface area contributed by atoms with E-state index < -0.39 is 0 Å². The Balaban J connectivity index is 2.18. The van der Waals surface area contributed by atoms with Crippen LogP contribution in [0.25, 0.3) is 0 Å². The van der Waals surface area contributed by atoms with Crippen LogP contribution in [0.5, 0.6) is 11.5 Å². The smallest absolute Gasteiger partial charge is 0.139 e. The van der Waals surface area contributed by atoms with Gasteiger partial charge >= 0.3 is 0 Å². The van der Waals surface area contributed by atoms with Gasteiger partial charge in [0.05, 0.1) is 30.1 Å². The van der Waals surface area contributed by atoms with Crippen molar-refractivity contribution in [2.75, 3.05) is 25.3 Å². The fourth-order valence-electron chi connectivity index (χ4n) is 1.90. The van der Waals surface area contributed by atoms with Crippen molar-refractivity contribution >= 4 is 27.3 Å². The Kier molecular flexibility index (Phi) is 4.90. The predicted octanol–water partition coefficient (Wildman–Crippen LogP) is 3.80. The van der Waals surface area contributed by atoms with Crippen LogP contribution in [0, 0.1) is 5.82 Å². The van der Waals surface area contributed by atoms with Crippen LogP contribution in [-0.2, 0) is 6.54 Å². The summed E-state index contributed by atoms with van der Waals surface area (Å²) in [6, 6.07) is 8.40. The van der Waals surface area contributed by atoms with Crippen molar-refractivity contribution in [2.45, 2.75) is 6.54 Å². The number of ether oxygens (including phenoxy) is 2. The molecule has 2 aromatic carbocycles. The number of nitrogens with one attached hydrogen (secondary N) is 1. The van der Waals surface area contributed by atoms with E-state index in [0.717, 1.165) is 5.56 Å². The third-order valence-electron chi connectivity index (χ3n) is 3.06. The van der Waals surface area contributed by atoms with E-state index in [2.05, 4.69) is 21.2 Å². The van der Waals surface area contributed by atoms with Crippen LogP contribution in [-0.4, -0.2) is 14.2 Å². The maximum absolute atomic E-state index is 13.5. The van der Waals surface area contributed by atoms with Crippen LogP contribution in [0.1, 0.15) is 5.56 Å². The van der Waals surface area contributed by atoms with Crippen LogP contribution >= 0.6 is 15.9 Å². The highest BCUT2D eigenvalue weighted by molar-refractivity contribution is 9.10. The Morgan fingerprint density at radius 1 is 1.19 bits per heavy atom. The van der Waals surface area contributed by atoms with E-state index in [1.165, 1.54) is 12.1 Å². The van der Waals surface area contributed by atoms with Gasteiger partial charge in [-0.3, -0.25) is 0 Å². The average molecular weight is 355 g/mol. The minimum atomic E-state index is -0.367. The van der Waals surface area contributed by atoms with Gasteiger partial charge < -0.3 is 20.5 Å². The van der Waals surface area contributed by atoms with Gasteiger partial charge in [0.1, 0.15) is 17.3 Å². The van der Waals surface area contributed by atoms with Crippen LogP contribution in [0.4, 0.5) is 15.8 Å². The molecule has 0 aliphatic carbocycles. The molecule has 0 radical (unpaired) electrons. The number of rotatable bonds is 5. The number of nitrogens with two attached hydrogens (primary N) is 1. The molecule has 4 nitrogen and oxygen atoms in total. The van der Waals surface area contributed by atoms with Crippen molar-refractivity contribution in [3.05, 3.63) is 46.2 Å². The molecule has 21 heavy (non-hydrogen) atoms. The first kappa shape index (κ1) is 15.4. The van der Waals surface area contributed by atoms with Gasteiger partial charge in [-0.15, -0.1) is 0 Å². The van der Waals surface area contributed by atoms with E-state index >= 15 is 0 Å². The number of hydrogen-bond acceptors (Lipinski definition) is 4. The largest absolute Gasteiger partial charge is 0.497 e. The van der Waals surface area contributed by atoms with Gasteiger partial charge in [-0.2, -0.15) is 0 Å². The molecular weight excluding hydrogens is 339 g/mol. The maximum Gasteiger partial charge on any atom is 0.139 e. The topological polar surface area (TPSA) is 56.5 Å². The van der Waals surface area contributed by atoms with E-state index in [9.17, 15) is 4.39 Å². The molecule has 2 rings (SSSR count). The van der Waals surface area contributed by atoms with Crippen LogP contribution < -0.4 is 20.5 Å². The van der Waals surface area contributed by atoms with Crippen LogP contribution in [0.3, 0.4) is 0 Å². The normalized spacial score (nSPS) is 10.3. The standard InChI is InChI=1S/C15H16BrFN2O2/c1-20-10-4-3-9(15(5-10)21-2)8-19-14-7-12(17)11(16)6-13(14)18/h3-7,19H,8,18H2,1-2H3. The summed E-state index contributed by atoms with van der Waals surface area (Å²) in [7, 11) is 3.18. The molecule has 0 aromatic heterocycles. The molecule has 0 fully saturated rings. The first-order valence-corrected chi connectivity index (χ1v) is 7.03. The van der Waals surface area contributed by atoms with Gasteiger partial charge in [0.25, 0.3) is 0 Å². The summed E-state index contributed by atoms with van der Waals surface area (Å²) < 4.78 is 24.3. The third-order valence-corrected chi connectivity index (χ3v) is 3.66. The minimum Gasteiger partial charge on any atom is -0.497 e. The number of anilines is 2. The van der Waals surface area contributed by atoms with Crippen molar-refractivity contribution in [2.24, 2.45) is 0 Å². The van der Waals surface area contributed by atoms with Crippen molar-refractivity contribution in [3.8, 4) is 11.5 Å². The van der Waals surface area contributed by atoms with Crippen molar-refractivity contribution in [1.82, 2.24) is 0 Å². The molecule has 112 valence electrons. The molecule has 0 heterocycles. The van der Waals surface area contributed by atoms with Crippen molar-refractivity contribution < 1.29 is 13.9 Å². The van der Waals surface area contributed by atoms with E-state index in [0.29, 0.717) is 33.9 Å². The Labute approximate surface area is 131 Å². The molecule has 3 N–H and O–H groups in total. The Hall–Kier alpha value is -1.95. The highest BCUT2D eigenvalue weighted by Crippen LogP contribution is 2.29. The van der Waals surface area contributed by atoms with Gasteiger partial charge in [0, 0.05) is 24.2 Å². The Morgan fingerprint density at radius 3 is 2.62 bits per heavy atom. The van der Waals surface area contributed by atoms with Crippen LogP contribution in [0.2, 0.25) is 0 Å². The molecule has 0 amide bonds. The fraction of sp³-hybridized carbons (Fsp3) is 0.200. The summed E-state index contributed by atoms with van der Waals surface area (Å²) >= 11 is 3.10. The number of methoxy groups -OCH3 is 2. The fourth-order valence-corrected chi connectivity index (χ4v) is 2.26. The molecule has 0 atom stereocenters. The molecule has 0 bridgehead atoms. The van der Waals surface area contributed by atoms with Gasteiger partial charge in [-0.25, -0.2) is 4.39 Å². The highest BCUT2D eigenvalue weighted by atomic mass is 79.9. The number of benzene rings is 2. The van der Waals surface area contributed by atoms with Gasteiger partial charge in [-0.1, -0.05) is 0 Å². The lowest BCUT2D eigenvalue weighted by molar-refractivity contribution is 0.391. The quantitative estimate of drug-likeness (QED) is 0.801. The lowest BCUT2D eigenvalue weighted by Crippen LogP contribution is -2.05. The summed E-state index contributed by atoms with van der Waals surface area (Å²) in [5, 5.41) is 3.10. The molecule has 0 aliphatic heterocycles. The minimum absolute atomic E-state index is 0.340. The monoisotopic (exact) mass is 354 g/mol. The first-order valence-electron chi connectivity index (χ1n) is 6.24. The zero-order chi connectivity index (χ0) is 15.4. The van der Waals surface area contributed by atoms with Gasteiger partial charge in [-0.05, 0) is 34.1 Å². The second-order valence-corrected chi connectivity index (χ2v) is 5.24. The Morgan fingerprint density at radius 2 is 1.95 bits per heavy atom. The molecule has 0 saturated carbocycles. The average Bonchev–Trinajstić information content (AvgIpc) is 2.49. The predicted molar refractivity (Wildman–Crippen MR) is 85.4 cm³/mol. The summed E-state index contributed by atoms with van der Waals surface area (Å²) in [6.07, 6.45) is 0. The van der Waals surface area contributed by atoms with Crippen molar-refractivity contribution in [3.63, 3.8) is 0 Å². The lowest BCUT2D eigenvalue weighted by atomic mass is 10.1.